The van der Waals surface area contributed by atoms with E-state index < -0.39 is 16.4 Å². The number of carbonyl (C=O) groups is 1. The first kappa shape index (κ1) is 19.3. The fourth-order valence-corrected chi connectivity index (χ4v) is 5.14. The summed E-state index contributed by atoms with van der Waals surface area (Å²) >= 11 is 0. The average molecular weight is 434 g/mol. The Hall–Kier alpha value is -4.45. The second-order valence-corrected chi connectivity index (χ2v) is 8.16. The summed E-state index contributed by atoms with van der Waals surface area (Å²) in [7, 11) is 0. The molecule has 6 nitrogen and oxygen atoms in total. The molecule has 0 bridgehead atoms. The van der Waals surface area contributed by atoms with Gasteiger partial charge in [0.05, 0.1) is 11.0 Å². The first-order chi connectivity index (χ1) is 16.1. The second-order valence-electron chi connectivity index (χ2n) is 8.16. The Morgan fingerprint density at radius 3 is 1.88 bits per heavy atom. The van der Waals surface area contributed by atoms with Gasteiger partial charge in [-0.3, -0.25) is 14.9 Å². The molecule has 0 radical (unpaired) electrons. The smallest absolute Gasteiger partial charge is 0.269 e. The Morgan fingerprint density at radius 2 is 1.30 bits per heavy atom. The van der Waals surface area contributed by atoms with Crippen molar-refractivity contribution in [3.63, 3.8) is 0 Å². The van der Waals surface area contributed by atoms with Crippen molar-refractivity contribution in [1.82, 2.24) is 0 Å². The lowest BCUT2D eigenvalue weighted by Gasteiger charge is -2.58. The van der Waals surface area contributed by atoms with E-state index in [9.17, 15) is 14.9 Å². The molecule has 1 amide bonds. The largest absolute Gasteiger partial charge is 0.457 e. The van der Waals surface area contributed by atoms with Crippen LogP contribution in [-0.4, -0.2) is 10.8 Å². The highest BCUT2D eigenvalue weighted by Crippen LogP contribution is 2.62. The van der Waals surface area contributed by atoms with E-state index in [1.807, 2.05) is 78.9 Å². The summed E-state index contributed by atoms with van der Waals surface area (Å²) in [6, 6.07) is 30.8. The molecule has 0 aliphatic carbocycles. The fraction of sp³-hybridized carbons (Fsp3) is 0.0741. The summed E-state index contributed by atoms with van der Waals surface area (Å²) < 4.78 is 6.17. The molecule has 1 spiro atoms. The van der Waals surface area contributed by atoms with Crippen LogP contribution in [0.4, 0.5) is 11.4 Å². The second kappa shape index (κ2) is 7.03. The molecule has 4 aromatic rings. The van der Waals surface area contributed by atoms with Crippen molar-refractivity contribution in [1.29, 1.82) is 0 Å². The van der Waals surface area contributed by atoms with Gasteiger partial charge < -0.3 is 9.64 Å². The van der Waals surface area contributed by atoms with Crippen LogP contribution in [0.25, 0.3) is 0 Å². The number of nitrogens with zero attached hydrogens (tertiary/aromatic N) is 2. The molecule has 33 heavy (non-hydrogen) atoms. The average Bonchev–Trinajstić information content (AvgIpc) is 2.86. The van der Waals surface area contributed by atoms with Crippen LogP contribution in [0.5, 0.6) is 11.5 Å². The molecular formula is C27H18N2O4. The van der Waals surface area contributed by atoms with E-state index in [0.717, 1.165) is 22.4 Å². The zero-order valence-electron chi connectivity index (χ0n) is 17.4. The van der Waals surface area contributed by atoms with E-state index in [2.05, 4.69) is 0 Å². The lowest BCUT2D eigenvalue weighted by molar-refractivity contribution is -0.384. The zero-order valence-corrected chi connectivity index (χ0v) is 17.4. The molecule has 6 rings (SSSR count). The number of hydrogen-bond donors (Lipinski definition) is 0. The number of anilines is 1. The summed E-state index contributed by atoms with van der Waals surface area (Å²) in [4.78, 5) is 26.8. The standard InChI is InChI=1S/C27H18N2O4/c30-26-27(21-10-4-6-12-23(21)33-24-13-7-5-11-22(24)27)25(28(26)19-8-2-1-3-9-19)18-14-16-20(17-15-18)29(31)32/h1-17,25H. The molecule has 4 aromatic carbocycles. The molecular weight excluding hydrogens is 416 g/mol. The van der Waals surface area contributed by atoms with Crippen molar-refractivity contribution in [2.24, 2.45) is 0 Å². The van der Waals surface area contributed by atoms with E-state index in [1.54, 1.807) is 17.0 Å². The molecule has 2 aliphatic heterocycles. The van der Waals surface area contributed by atoms with Crippen LogP contribution in [0, 0.1) is 10.1 Å². The maximum absolute atomic E-state index is 14.2. The van der Waals surface area contributed by atoms with Gasteiger partial charge in [-0.1, -0.05) is 66.7 Å². The molecule has 1 unspecified atom stereocenters. The molecule has 0 N–H and O–H groups in total. The molecule has 1 saturated heterocycles. The van der Waals surface area contributed by atoms with Gasteiger partial charge >= 0.3 is 0 Å². The van der Waals surface area contributed by atoms with Crippen LogP contribution >= 0.6 is 0 Å². The minimum absolute atomic E-state index is 0.0116. The Balaban J connectivity index is 1.63. The number of rotatable bonds is 3. The van der Waals surface area contributed by atoms with Gasteiger partial charge in [0, 0.05) is 28.9 Å². The highest BCUT2D eigenvalue weighted by Gasteiger charge is 2.66. The summed E-state index contributed by atoms with van der Waals surface area (Å²) in [5.41, 5.74) is 2.19. The molecule has 1 atom stereocenters. The predicted octanol–water partition coefficient (Wildman–Crippen LogP) is 5.77. The lowest BCUT2D eigenvalue weighted by atomic mass is 9.58. The molecule has 1 fully saturated rings. The van der Waals surface area contributed by atoms with E-state index in [4.69, 9.17) is 4.74 Å². The number of β-lactam (4-membered cyclic amide) rings is 1. The number of nitro benzene ring substituents is 1. The molecule has 0 aromatic heterocycles. The Kier molecular flexibility index (Phi) is 4.10. The number of fused-ring (bicyclic) bond motifs is 4. The first-order valence-electron chi connectivity index (χ1n) is 10.6. The van der Waals surface area contributed by atoms with Gasteiger partial charge in [-0.05, 0) is 29.8 Å². The van der Waals surface area contributed by atoms with Gasteiger partial charge in [-0.25, -0.2) is 0 Å². The van der Waals surface area contributed by atoms with Gasteiger partial charge in [0.2, 0.25) is 5.91 Å². The lowest BCUT2D eigenvalue weighted by Crippen LogP contribution is -2.67. The number of nitro groups is 1. The van der Waals surface area contributed by atoms with Gasteiger partial charge in [-0.15, -0.1) is 0 Å². The van der Waals surface area contributed by atoms with E-state index in [0.29, 0.717) is 11.5 Å². The van der Waals surface area contributed by atoms with Crippen LogP contribution in [0.2, 0.25) is 0 Å². The Morgan fingerprint density at radius 1 is 0.758 bits per heavy atom. The predicted molar refractivity (Wildman–Crippen MR) is 124 cm³/mol. The SMILES string of the molecule is O=C1N(c2ccccc2)C(c2ccc([N+](=O)[O-])cc2)C12c1ccccc1Oc1ccccc12. The van der Waals surface area contributed by atoms with Gasteiger partial charge in [-0.2, -0.15) is 0 Å². The Bertz CT molecular complexity index is 1350. The molecule has 2 heterocycles. The molecule has 6 heteroatoms. The van der Waals surface area contributed by atoms with Crippen molar-refractivity contribution in [3.8, 4) is 11.5 Å². The minimum atomic E-state index is -1.00. The van der Waals surface area contributed by atoms with Crippen LogP contribution in [-0.2, 0) is 10.2 Å². The van der Waals surface area contributed by atoms with Crippen LogP contribution in [0.1, 0.15) is 22.7 Å². The minimum Gasteiger partial charge on any atom is -0.457 e. The van der Waals surface area contributed by atoms with Crippen LogP contribution in [0.15, 0.2) is 103 Å². The van der Waals surface area contributed by atoms with E-state index in [-0.39, 0.29) is 11.6 Å². The molecule has 160 valence electrons. The van der Waals surface area contributed by atoms with E-state index >= 15 is 0 Å². The summed E-state index contributed by atoms with van der Waals surface area (Å²) in [6.45, 7) is 0. The number of benzene rings is 4. The summed E-state index contributed by atoms with van der Waals surface area (Å²) in [5, 5.41) is 11.3. The first-order valence-corrected chi connectivity index (χ1v) is 10.6. The zero-order chi connectivity index (χ0) is 22.6. The monoisotopic (exact) mass is 434 g/mol. The number of ether oxygens (including phenoxy) is 1. The van der Waals surface area contributed by atoms with Crippen LogP contribution in [0.3, 0.4) is 0 Å². The van der Waals surface area contributed by atoms with Gasteiger partial charge in [0.1, 0.15) is 16.9 Å². The third-order valence-electron chi connectivity index (χ3n) is 6.52. The Labute approximate surface area is 189 Å². The van der Waals surface area contributed by atoms with Crippen LogP contribution < -0.4 is 9.64 Å². The fourth-order valence-electron chi connectivity index (χ4n) is 5.14. The molecule has 2 aliphatic rings. The highest BCUT2D eigenvalue weighted by molar-refractivity contribution is 6.13. The number of para-hydroxylation sites is 3. The number of non-ortho nitro benzene ring substituents is 1. The van der Waals surface area contributed by atoms with E-state index in [1.165, 1.54) is 12.1 Å². The molecule has 0 saturated carbocycles. The number of amides is 1. The maximum atomic E-state index is 14.2. The summed E-state index contributed by atoms with van der Waals surface area (Å²) in [5.74, 6) is 1.23. The van der Waals surface area contributed by atoms with Gasteiger partial charge in [0.15, 0.2) is 0 Å². The quantitative estimate of drug-likeness (QED) is 0.233. The topological polar surface area (TPSA) is 72.7 Å². The van der Waals surface area contributed by atoms with Crippen molar-refractivity contribution in [3.05, 3.63) is 130 Å². The van der Waals surface area contributed by atoms with Crippen molar-refractivity contribution >= 4 is 17.3 Å². The highest BCUT2D eigenvalue weighted by atomic mass is 16.6. The third-order valence-corrected chi connectivity index (χ3v) is 6.52. The number of hydrogen-bond acceptors (Lipinski definition) is 4. The van der Waals surface area contributed by atoms with Crippen molar-refractivity contribution in [2.45, 2.75) is 11.5 Å². The maximum Gasteiger partial charge on any atom is 0.269 e. The normalized spacial score (nSPS) is 17.5. The van der Waals surface area contributed by atoms with Gasteiger partial charge in [0.25, 0.3) is 5.69 Å². The van der Waals surface area contributed by atoms with Crippen molar-refractivity contribution in [2.75, 3.05) is 4.90 Å². The number of carbonyl (C=O) groups excluding carboxylic acids is 1. The third kappa shape index (κ3) is 2.58. The van der Waals surface area contributed by atoms with Crippen molar-refractivity contribution < 1.29 is 14.5 Å². The summed E-state index contributed by atoms with van der Waals surface area (Å²) in [6.07, 6.45) is 0.